The lowest BCUT2D eigenvalue weighted by Crippen LogP contribution is -2.44. The fourth-order valence-electron chi connectivity index (χ4n) is 5.70. The predicted molar refractivity (Wildman–Crippen MR) is 147 cm³/mol. The summed E-state index contributed by atoms with van der Waals surface area (Å²) in [4.78, 5) is 38.0. The number of fused-ring (bicyclic) bond motifs is 1. The van der Waals surface area contributed by atoms with Gasteiger partial charge in [-0.25, -0.2) is 9.37 Å². The fraction of sp³-hybridized carbons (Fsp3) is 0.500. The zero-order chi connectivity index (χ0) is 26.6. The zero-order valence-corrected chi connectivity index (χ0v) is 22.4. The number of benzene rings is 2. The maximum Gasteiger partial charge on any atom is 0.256 e. The van der Waals surface area contributed by atoms with E-state index < -0.39 is 5.82 Å². The van der Waals surface area contributed by atoms with E-state index in [9.17, 15) is 14.0 Å². The molecule has 202 valence electrons. The summed E-state index contributed by atoms with van der Waals surface area (Å²) in [6.45, 7) is 9.32. The second kappa shape index (κ2) is 11.6. The number of rotatable bonds is 7. The van der Waals surface area contributed by atoms with Crippen LogP contribution < -0.4 is 5.32 Å². The van der Waals surface area contributed by atoms with Crippen LogP contribution in [0.4, 0.5) is 4.39 Å². The molecule has 3 aromatic rings. The third kappa shape index (κ3) is 5.90. The van der Waals surface area contributed by atoms with Gasteiger partial charge in [0.1, 0.15) is 17.2 Å². The average molecular weight is 520 g/mol. The van der Waals surface area contributed by atoms with Crippen molar-refractivity contribution in [2.45, 2.75) is 45.4 Å². The van der Waals surface area contributed by atoms with Crippen molar-refractivity contribution in [3.8, 4) is 0 Å². The molecule has 2 amide bonds. The van der Waals surface area contributed by atoms with Gasteiger partial charge < -0.3 is 20.1 Å². The number of carbonyl (C=O) groups excluding carboxylic acids is 2. The third-order valence-electron chi connectivity index (χ3n) is 8.10. The second-order valence-corrected chi connectivity index (χ2v) is 11.1. The summed E-state index contributed by atoms with van der Waals surface area (Å²) in [6, 6.07) is 11.9. The van der Waals surface area contributed by atoms with Gasteiger partial charge in [0.2, 0.25) is 0 Å². The highest BCUT2D eigenvalue weighted by Crippen LogP contribution is 2.25. The molecule has 0 saturated carbocycles. The van der Waals surface area contributed by atoms with E-state index in [1.54, 1.807) is 23.1 Å². The minimum absolute atomic E-state index is 0.0588. The predicted octanol–water partition coefficient (Wildman–Crippen LogP) is 4.82. The number of carbonyl (C=O) groups is 2. The van der Waals surface area contributed by atoms with Gasteiger partial charge in [-0.1, -0.05) is 32.0 Å². The summed E-state index contributed by atoms with van der Waals surface area (Å²) in [5.41, 5.74) is 2.44. The van der Waals surface area contributed by atoms with Crippen molar-refractivity contribution in [1.82, 2.24) is 25.1 Å². The number of hydrogen-bond donors (Lipinski definition) is 2. The van der Waals surface area contributed by atoms with E-state index in [1.165, 1.54) is 6.07 Å². The van der Waals surface area contributed by atoms with Crippen molar-refractivity contribution < 1.29 is 14.0 Å². The van der Waals surface area contributed by atoms with Gasteiger partial charge in [-0.2, -0.15) is 0 Å². The molecule has 0 aliphatic carbocycles. The van der Waals surface area contributed by atoms with Crippen molar-refractivity contribution in [2.24, 2.45) is 11.8 Å². The number of imidazole rings is 1. The number of hydrogen-bond acceptors (Lipinski definition) is 4. The average Bonchev–Trinajstić information content (AvgIpc) is 3.38. The molecule has 0 radical (unpaired) electrons. The first kappa shape index (κ1) is 26.4. The zero-order valence-electron chi connectivity index (χ0n) is 22.4. The summed E-state index contributed by atoms with van der Waals surface area (Å²) in [7, 11) is 0. The van der Waals surface area contributed by atoms with E-state index in [0.717, 1.165) is 62.2 Å². The van der Waals surface area contributed by atoms with Gasteiger partial charge in [0.15, 0.2) is 0 Å². The van der Waals surface area contributed by atoms with Gasteiger partial charge in [0.25, 0.3) is 11.8 Å². The van der Waals surface area contributed by atoms with E-state index in [4.69, 9.17) is 0 Å². The van der Waals surface area contributed by atoms with Crippen LogP contribution in [-0.2, 0) is 0 Å². The summed E-state index contributed by atoms with van der Waals surface area (Å²) in [6.07, 6.45) is 4.03. The molecular formula is C30H38FN5O2. The first-order valence-electron chi connectivity index (χ1n) is 13.9. The van der Waals surface area contributed by atoms with E-state index in [1.807, 2.05) is 18.2 Å². The lowest BCUT2D eigenvalue weighted by molar-refractivity contribution is 0.0647. The first-order valence-corrected chi connectivity index (χ1v) is 13.9. The van der Waals surface area contributed by atoms with Gasteiger partial charge in [-0.05, 0) is 74.9 Å². The first-order chi connectivity index (χ1) is 18.4. The quantitative estimate of drug-likeness (QED) is 0.469. The molecule has 2 N–H and O–H groups in total. The molecule has 2 aromatic carbocycles. The Kier molecular flexibility index (Phi) is 8.07. The second-order valence-electron chi connectivity index (χ2n) is 11.1. The lowest BCUT2D eigenvalue weighted by atomic mass is 9.92. The Morgan fingerprint density at radius 1 is 0.974 bits per heavy atom. The summed E-state index contributed by atoms with van der Waals surface area (Å²) in [5.74, 6) is 1.50. The Labute approximate surface area is 223 Å². The molecule has 0 bridgehead atoms. The van der Waals surface area contributed by atoms with E-state index >= 15 is 0 Å². The number of likely N-dealkylation sites (tertiary alicyclic amines) is 2. The Hall–Kier alpha value is -3.26. The monoisotopic (exact) mass is 519 g/mol. The van der Waals surface area contributed by atoms with Crippen LogP contribution in [0.1, 0.15) is 72.0 Å². The maximum atomic E-state index is 14.0. The molecule has 2 fully saturated rings. The minimum Gasteiger partial charge on any atom is -0.352 e. The topological polar surface area (TPSA) is 81.3 Å². The van der Waals surface area contributed by atoms with Crippen LogP contribution in [0.3, 0.4) is 0 Å². The standard InChI is InChI=1S/C30H38FN5O2/c1-20(2)28-33-26-9-5-7-24(27(26)34-28)29(37)32-18-21-10-14-35(15-11-21)19-22-12-16-36(17-13-22)30(38)23-6-3-4-8-25(23)31/h3-9,20-22H,10-19H2,1-2H3,(H,32,37)(H,33,34). The maximum absolute atomic E-state index is 14.0. The number of nitrogens with zero attached hydrogens (tertiary/aromatic N) is 3. The Morgan fingerprint density at radius 2 is 1.66 bits per heavy atom. The highest BCUT2D eigenvalue weighted by Gasteiger charge is 2.28. The number of aromatic amines is 1. The molecular weight excluding hydrogens is 481 g/mol. The van der Waals surface area contributed by atoms with Crippen LogP contribution in [-0.4, -0.2) is 70.9 Å². The summed E-state index contributed by atoms with van der Waals surface area (Å²) < 4.78 is 14.0. The molecule has 0 spiro atoms. The van der Waals surface area contributed by atoms with Gasteiger partial charge in [-0.15, -0.1) is 0 Å². The van der Waals surface area contributed by atoms with Gasteiger partial charge in [-0.3, -0.25) is 9.59 Å². The highest BCUT2D eigenvalue weighted by atomic mass is 19.1. The van der Waals surface area contributed by atoms with Crippen LogP contribution in [0.25, 0.3) is 11.0 Å². The minimum atomic E-state index is -0.447. The van der Waals surface area contributed by atoms with Crippen LogP contribution in [0, 0.1) is 17.7 Å². The van der Waals surface area contributed by atoms with Crippen molar-refractivity contribution >= 4 is 22.8 Å². The molecule has 0 atom stereocenters. The van der Waals surface area contributed by atoms with Crippen molar-refractivity contribution in [2.75, 3.05) is 39.3 Å². The summed E-state index contributed by atoms with van der Waals surface area (Å²) in [5, 5.41) is 3.15. The molecule has 2 aliphatic rings. The SMILES string of the molecule is CC(C)c1nc2c(C(=O)NCC3CCN(CC4CCN(C(=O)c5ccccc5F)CC4)CC3)cccc2[nH]1. The van der Waals surface area contributed by atoms with E-state index in [-0.39, 0.29) is 23.3 Å². The third-order valence-corrected chi connectivity index (χ3v) is 8.10. The fourth-order valence-corrected chi connectivity index (χ4v) is 5.70. The van der Waals surface area contributed by atoms with Gasteiger partial charge in [0, 0.05) is 32.1 Å². The number of piperidine rings is 2. The molecule has 3 heterocycles. The summed E-state index contributed by atoms with van der Waals surface area (Å²) >= 11 is 0. The number of nitrogens with one attached hydrogen (secondary N) is 2. The number of H-pyrrole nitrogens is 1. The van der Waals surface area contributed by atoms with Crippen molar-refractivity contribution in [3.05, 3.63) is 65.2 Å². The smallest absolute Gasteiger partial charge is 0.256 e. The number of aromatic nitrogens is 2. The Bertz CT molecular complexity index is 1270. The molecule has 8 heteroatoms. The molecule has 1 aromatic heterocycles. The molecule has 7 nitrogen and oxygen atoms in total. The Balaban J connectivity index is 1.05. The highest BCUT2D eigenvalue weighted by molar-refractivity contribution is 6.04. The largest absolute Gasteiger partial charge is 0.352 e. The van der Waals surface area contributed by atoms with Crippen LogP contribution in [0.15, 0.2) is 42.5 Å². The molecule has 5 rings (SSSR count). The molecule has 0 unspecified atom stereocenters. The molecule has 2 aliphatic heterocycles. The van der Waals surface area contributed by atoms with Crippen LogP contribution in [0.2, 0.25) is 0 Å². The van der Waals surface area contributed by atoms with Crippen LogP contribution >= 0.6 is 0 Å². The number of halogens is 1. The van der Waals surface area contributed by atoms with Crippen LogP contribution in [0.5, 0.6) is 0 Å². The Morgan fingerprint density at radius 3 is 2.37 bits per heavy atom. The number of amides is 2. The lowest BCUT2D eigenvalue weighted by Gasteiger charge is -2.37. The van der Waals surface area contributed by atoms with Crippen molar-refractivity contribution in [3.63, 3.8) is 0 Å². The number of para-hydroxylation sites is 1. The normalized spacial score (nSPS) is 17.8. The molecule has 38 heavy (non-hydrogen) atoms. The van der Waals surface area contributed by atoms with E-state index in [0.29, 0.717) is 37.0 Å². The molecule has 2 saturated heterocycles. The van der Waals surface area contributed by atoms with Gasteiger partial charge >= 0.3 is 0 Å². The van der Waals surface area contributed by atoms with Crippen molar-refractivity contribution in [1.29, 1.82) is 0 Å². The van der Waals surface area contributed by atoms with E-state index in [2.05, 4.69) is 34.0 Å². The van der Waals surface area contributed by atoms with Gasteiger partial charge in [0.05, 0.1) is 16.6 Å².